The van der Waals surface area contributed by atoms with Crippen LogP contribution in [0.3, 0.4) is 0 Å². The number of benzene rings is 1. The van der Waals surface area contributed by atoms with Gasteiger partial charge in [0.05, 0.1) is 16.5 Å². The third-order valence-electron chi connectivity index (χ3n) is 3.49. The highest BCUT2D eigenvalue weighted by atomic mass is 79.9. The fraction of sp³-hybridized carbons (Fsp3) is 0.357. The van der Waals surface area contributed by atoms with Crippen molar-refractivity contribution in [2.24, 2.45) is 0 Å². The van der Waals surface area contributed by atoms with Gasteiger partial charge in [-0.3, -0.25) is 4.79 Å². The van der Waals surface area contributed by atoms with Gasteiger partial charge in [0, 0.05) is 5.92 Å². The summed E-state index contributed by atoms with van der Waals surface area (Å²) in [5, 5.41) is 9.26. The Labute approximate surface area is 122 Å². The van der Waals surface area contributed by atoms with Gasteiger partial charge in [0.1, 0.15) is 11.6 Å². The SMILES string of the molecule is Cc1c(C(=O)CBr)c(F)c2oc(C3CC3)nc2c1C#N. The number of aromatic nitrogens is 1. The maximum absolute atomic E-state index is 14.5. The van der Waals surface area contributed by atoms with Crippen molar-refractivity contribution in [1.29, 1.82) is 5.26 Å². The summed E-state index contributed by atoms with van der Waals surface area (Å²) in [5.74, 6) is -0.467. The number of hydrogen-bond donors (Lipinski definition) is 0. The number of fused-ring (bicyclic) bond motifs is 1. The van der Waals surface area contributed by atoms with Crippen LogP contribution in [-0.4, -0.2) is 16.1 Å². The van der Waals surface area contributed by atoms with E-state index in [1.54, 1.807) is 6.92 Å². The van der Waals surface area contributed by atoms with Crippen molar-refractivity contribution in [2.75, 3.05) is 5.33 Å². The summed E-state index contributed by atoms with van der Waals surface area (Å²) in [6.45, 7) is 1.56. The summed E-state index contributed by atoms with van der Waals surface area (Å²) < 4.78 is 19.9. The van der Waals surface area contributed by atoms with Gasteiger partial charge in [0.25, 0.3) is 0 Å². The van der Waals surface area contributed by atoms with Gasteiger partial charge >= 0.3 is 0 Å². The molecule has 1 heterocycles. The van der Waals surface area contributed by atoms with Gasteiger partial charge in [-0.2, -0.15) is 5.26 Å². The van der Waals surface area contributed by atoms with Gasteiger partial charge in [-0.05, 0) is 25.3 Å². The summed E-state index contributed by atoms with van der Waals surface area (Å²) in [5.41, 5.74) is 0.567. The Kier molecular flexibility index (Phi) is 3.09. The summed E-state index contributed by atoms with van der Waals surface area (Å²) >= 11 is 3.02. The molecule has 6 heteroatoms. The quantitative estimate of drug-likeness (QED) is 0.634. The zero-order valence-corrected chi connectivity index (χ0v) is 12.3. The first-order valence-corrected chi connectivity index (χ1v) is 7.32. The minimum atomic E-state index is -0.722. The van der Waals surface area contributed by atoms with Crippen LogP contribution < -0.4 is 0 Å². The fourth-order valence-corrected chi connectivity index (χ4v) is 2.56. The maximum atomic E-state index is 14.5. The largest absolute Gasteiger partial charge is 0.437 e. The number of Topliss-reactive ketones (excluding diaryl/α,β-unsaturated/α-hetero) is 1. The number of rotatable bonds is 3. The molecule has 1 aliphatic carbocycles. The first kappa shape index (κ1) is 13.3. The first-order valence-electron chi connectivity index (χ1n) is 6.20. The monoisotopic (exact) mass is 336 g/mol. The first-order chi connectivity index (χ1) is 9.58. The smallest absolute Gasteiger partial charge is 0.198 e. The van der Waals surface area contributed by atoms with Crippen LogP contribution in [0.4, 0.5) is 4.39 Å². The highest BCUT2D eigenvalue weighted by Crippen LogP contribution is 2.42. The van der Waals surface area contributed by atoms with Crippen molar-refractivity contribution in [2.45, 2.75) is 25.7 Å². The van der Waals surface area contributed by atoms with Crippen molar-refractivity contribution in [1.82, 2.24) is 4.98 Å². The number of hydrogen-bond acceptors (Lipinski definition) is 4. The molecule has 0 atom stereocenters. The third-order valence-corrected chi connectivity index (χ3v) is 4.00. The zero-order valence-electron chi connectivity index (χ0n) is 10.7. The fourth-order valence-electron chi connectivity index (χ4n) is 2.28. The molecule has 102 valence electrons. The van der Waals surface area contributed by atoms with Crippen LogP contribution in [-0.2, 0) is 0 Å². The summed E-state index contributed by atoms with van der Waals surface area (Å²) in [4.78, 5) is 16.1. The van der Waals surface area contributed by atoms with E-state index in [9.17, 15) is 14.4 Å². The van der Waals surface area contributed by atoms with Crippen LogP contribution >= 0.6 is 15.9 Å². The average molecular weight is 337 g/mol. The molecule has 0 saturated heterocycles. The van der Waals surface area contributed by atoms with Crippen molar-refractivity contribution in [3.8, 4) is 6.07 Å². The van der Waals surface area contributed by atoms with E-state index < -0.39 is 11.6 Å². The van der Waals surface area contributed by atoms with Crippen molar-refractivity contribution in [3.05, 3.63) is 28.4 Å². The third kappa shape index (κ3) is 1.85. The summed E-state index contributed by atoms with van der Waals surface area (Å²) in [7, 11) is 0. The standard InChI is InChI=1S/C14H10BrFN2O2/c1-6-8(5-17)12-13(11(16)10(6)9(19)4-15)20-14(18-12)7-2-3-7/h7H,2-4H2,1H3. The van der Waals surface area contributed by atoms with Gasteiger partial charge in [-0.15, -0.1) is 0 Å². The molecule has 0 unspecified atom stereocenters. The minimum absolute atomic E-state index is 0.00917. The Morgan fingerprint density at radius 2 is 2.30 bits per heavy atom. The van der Waals surface area contributed by atoms with Gasteiger partial charge in [0.15, 0.2) is 23.1 Å². The van der Waals surface area contributed by atoms with Crippen LogP contribution in [0.25, 0.3) is 11.1 Å². The van der Waals surface area contributed by atoms with Crippen molar-refractivity contribution in [3.63, 3.8) is 0 Å². The number of ketones is 1. The molecule has 0 amide bonds. The van der Waals surface area contributed by atoms with Gasteiger partial charge in [-0.1, -0.05) is 15.9 Å². The maximum Gasteiger partial charge on any atom is 0.198 e. The number of nitrogens with zero attached hydrogens (tertiary/aromatic N) is 2. The molecule has 0 radical (unpaired) electrons. The van der Waals surface area contributed by atoms with Crippen LogP contribution in [0, 0.1) is 24.1 Å². The van der Waals surface area contributed by atoms with E-state index in [1.165, 1.54) is 0 Å². The topological polar surface area (TPSA) is 66.9 Å². The highest BCUT2D eigenvalue weighted by Gasteiger charge is 2.32. The molecule has 3 rings (SSSR count). The minimum Gasteiger partial charge on any atom is -0.437 e. The molecule has 0 spiro atoms. The average Bonchev–Trinajstić information content (AvgIpc) is 3.19. The number of carbonyl (C=O) groups is 1. The molecule has 0 aliphatic heterocycles. The Balaban J connectivity index is 2.36. The predicted octanol–water partition coefficient (Wildman–Crippen LogP) is 3.60. The van der Waals surface area contributed by atoms with E-state index in [1.807, 2.05) is 6.07 Å². The number of oxazole rings is 1. The molecule has 1 aromatic heterocycles. The molecule has 0 N–H and O–H groups in total. The predicted molar refractivity (Wildman–Crippen MR) is 73.5 cm³/mol. The van der Waals surface area contributed by atoms with E-state index in [2.05, 4.69) is 20.9 Å². The number of halogens is 2. The summed E-state index contributed by atoms with van der Waals surface area (Å²) in [6.07, 6.45) is 1.92. The Morgan fingerprint density at radius 1 is 1.60 bits per heavy atom. The molecule has 4 nitrogen and oxygen atoms in total. The Bertz CT molecular complexity index is 772. The van der Waals surface area contributed by atoms with Crippen molar-refractivity contribution >= 4 is 32.8 Å². The second-order valence-electron chi connectivity index (χ2n) is 4.86. The van der Waals surface area contributed by atoms with E-state index in [0.717, 1.165) is 12.8 Å². The van der Waals surface area contributed by atoms with Gasteiger partial charge in [0.2, 0.25) is 0 Å². The zero-order chi connectivity index (χ0) is 14.4. The molecular formula is C14H10BrFN2O2. The lowest BCUT2D eigenvalue weighted by Crippen LogP contribution is -2.08. The van der Waals surface area contributed by atoms with Crippen LogP contribution in [0.2, 0.25) is 0 Å². The Morgan fingerprint density at radius 3 is 2.85 bits per heavy atom. The van der Waals surface area contributed by atoms with Crippen LogP contribution in [0.5, 0.6) is 0 Å². The van der Waals surface area contributed by atoms with Gasteiger partial charge in [-0.25, -0.2) is 9.37 Å². The van der Waals surface area contributed by atoms with Crippen LogP contribution in [0.15, 0.2) is 4.42 Å². The highest BCUT2D eigenvalue weighted by molar-refractivity contribution is 9.09. The molecule has 1 saturated carbocycles. The molecule has 1 aromatic carbocycles. The summed E-state index contributed by atoms with van der Waals surface area (Å²) in [6, 6.07) is 2.00. The normalized spacial score (nSPS) is 14.5. The van der Waals surface area contributed by atoms with Crippen molar-refractivity contribution < 1.29 is 13.6 Å². The van der Waals surface area contributed by atoms with E-state index in [0.29, 0.717) is 11.5 Å². The molecule has 1 aliphatic rings. The van der Waals surface area contributed by atoms with E-state index in [4.69, 9.17) is 4.42 Å². The molecule has 20 heavy (non-hydrogen) atoms. The molecule has 1 fully saturated rings. The van der Waals surface area contributed by atoms with Crippen LogP contribution in [0.1, 0.15) is 46.1 Å². The second kappa shape index (κ2) is 4.67. The number of alkyl halides is 1. The number of nitriles is 1. The lowest BCUT2D eigenvalue weighted by molar-refractivity contribution is 0.101. The second-order valence-corrected chi connectivity index (χ2v) is 5.42. The van der Waals surface area contributed by atoms with E-state index >= 15 is 0 Å². The van der Waals surface area contributed by atoms with E-state index in [-0.39, 0.29) is 33.5 Å². The molecule has 0 bridgehead atoms. The number of carbonyl (C=O) groups excluding carboxylic acids is 1. The lowest BCUT2D eigenvalue weighted by atomic mass is 9.98. The Hall–Kier alpha value is -1.74. The van der Waals surface area contributed by atoms with Gasteiger partial charge < -0.3 is 4.42 Å². The lowest BCUT2D eigenvalue weighted by Gasteiger charge is -2.06. The molecule has 2 aromatic rings. The molecular weight excluding hydrogens is 327 g/mol.